The summed E-state index contributed by atoms with van der Waals surface area (Å²) in [6.45, 7) is 0. The van der Waals surface area contributed by atoms with Crippen LogP contribution >= 0.6 is 0 Å². The van der Waals surface area contributed by atoms with Crippen LogP contribution < -0.4 is 4.72 Å². The number of nitrogens with one attached hydrogen (secondary N) is 1. The van der Waals surface area contributed by atoms with E-state index in [1.165, 1.54) is 17.1 Å². The molecule has 0 radical (unpaired) electrons. The SMILES string of the molecule is O=C(O)C1CCC(NS(=O)(=O)c2cnn(-c3ccccc3)c2)CC1. The van der Waals surface area contributed by atoms with Crippen molar-refractivity contribution in [3.63, 3.8) is 0 Å². The molecule has 128 valence electrons. The van der Waals surface area contributed by atoms with Crippen molar-refractivity contribution in [2.24, 2.45) is 5.92 Å². The molecule has 1 aliphatic rings. The fraction of sp³-hybridized carbons (Fsp3) is 0.375. The first-order valence-electron chi connectivity index (χ1n) is 7.81. The zero-order valence-electron chi connectivity index (χ0n) is 13.0. The molecule has 0 unspecified atom stereocenters. The molecule has 3 rings (SSSR count). The molecule has 1 heterocycles. The maximum atomic E-state index is 12.5. The lowest BCUT2D eigenvalue weighted by molar-refractivity contribution is -0.142. The molecule has 1 aromatic carbocycles. The van der Waals surface area contributed by atoms with Crippen molar-refractivity contribution in [2.75, 3.05) is 0 Å². The number of aliphatic carboxylic acids is 1. The van der Waals surface area contributed by atoms with Gasteiger partial charge in [0.05, 0.1) is 24.0 Å². The molecule has 0 atom stereocenters. The first-order chi connectivity index (χ1) is 11.5. The molecular formula is C16H19N3O4S. The average Bonchev–Trinajstić information content (AvgIpc) is 3.07. The van der Waals surface area contributed by atoms with E-state index in [-0.39, 0.29) is 16.9 Å². The Labute approximate surface area is 140 Å². The second kappa shape index (κ2) is 6.74. The van der Waals surface area contributed by atoms with E-state index in [0.717, 1.165) is 5.69 Å². The van der Waals surface area contributed by atoms with Crippen LogP contribution in [0.2, 0.25) is 0 Å². The summed E-state index contributed by atoms with van der Waals surface area (Å²) in [5.74, 6) is -1.17. The zero-order valence-corrected chi connectivity index (χ0v) is 13.8. The Kier molecular flexibility index (Phi) is 4.68. The minimum atomic E-state index is -3.67. The summed E-state index contributed by atoms with van der Waals surface area (Å²) in [4.78, 5) is 11.1. The number of sulfonamides is 1. The number of carboxylic acids is 1. The molecule has 0 aliphatic heterocycles. The van der Waals surface area contributed by atoms with E-state index in [9.17, 15) is 13.2 Å². The van der Waals surface area contributed by atoms with Gasteiger partial charge in [0.2, 0.25) is 10.0 Å². The van der Waals surface area contributed by atoms with Gasteiger partial charge in [0, 0.05) is 6.04 Å². The summed E-state index contributed by atoms with van der Waals surface area (Å²) < 4.78 is 29.1. The number of benzene rings is 1. The first kappa shape index (κ1) is 16.7. The van der Waals surface area contributed by atoms with E-state index in [2.05, 4.69) is 9.82 Å². The van der Waals surface area contributed by atoms with Gasteiger partial charge in [-0.3, -0.25) is 4.79 Å². The zero-order chi connectivity index (χ0) is 17.2. The van der Waals surface area contributed by atoms with Crippen molar-refractivity contribution < 1.29 is 18.3 Å². The Balaban J connectivity index is 1.68. The summed E-state index contributed by atoms with van der Waals surface area (Å²) in [5, 5.41) is 13.1. The first-order valence-corrected chi connectivity index (χ1v) is 9.29. The lowest BCUT2D eigenvalue weighted by Crippen LogP contribution is -2.38. The Morgan fingerprint density at radius 1 is 1.17 bits per heavy atom. The molecule has 1 aromatic heterocycles. The number of hydrogen-bond donors (Lipinski definition) is 2. The lowest BCUT2D eigenvalue weighted by atomic mass is 9.87. The molecule has 1 saturated carbocycles. The van der Waals surface area contributed by atoms with Crippen LogP contribution in [0.25, 0.3) is 5.69 Å². The predicted octanol–water partition coefficient (Wildman–Crippen LogP) is 1.79. The molecule has 0 bridgehead atoms. The molecule has 2 N–H and O–H groups in total. The molecule has 7 nitrogen and oxygen atoms in total. The van der Waals surface area contributed by atoms with Gasteiger partial charge in [0.25, 0.3) is 0 Å². The highest BCUT2D eigenvalue weighted by molar-refractivity contribution is 7.89. The van der Waals surface area contributed by atoms with Gasteiger partial charge in [0.15, 0.2) is 0 Å². The monoisotopic (exact) mass is 349 g/mol. The van der Waals surface area contributed by atoms with E-state index >= 15 is 0 Å². The summed E-state index contributed by atoms with van der Waals surface area (Å²) in [5.41, 5.74) is 0.779. The minimum Gasteiger partial charge on any atom is -0.481 e. The van der Waals surface area contributed by atoms with Crippen LogP contribution in [0.5, 0.6) is 0 Å². The normalized spacial score (nSPS) is 21.5. The smallest absolute Gasteiger partial charge is 0.306 e. The molecule has 0 amide bonds. The summed E-state index contributed by atoms with van der Waals surface area (Å²) in [6, 6.07) is 9.02. The maximum absolute atomic E-state index is 12.5. The average molecular weight is 349 g/mol. The topological polar surface area (TPSA) is 101 Å². The third kappa shape index (κ3) is 3.65. The Bertz CT molecular complexity index is 809. The highest BCUT2D eigenvalue weighted by Gasteiger charge is 2.29. The lowest BCUT2D eigenvalue weighted by Gasteiger charge is -2.26. The van der Waals surface area contributed by atoms with Gasteiger partial charge in [0.1, 0.15) is 4.90 Å². The van der Waals surface area contributed by atoms with Crippen LogP contribution in [0, 0.1) is 5.92 Å². The van der Waals surface area contributed by atoms with Crippen LogP contribution in [-0.4, -0.2) is 35.3 Å². The quantitative estimate of drug-likeness (QED) is 0.857. The summed E-state index contributed by atoms with van der Waals surface area (Å²) >= 11 is 0. The van der Waals surface area contributed by atoms with Gasteiger partial charge in [-0.15, -0.1) is 0 Å². The molecule has 8 heteroatoms. The number of nitrogens with zero attached hydrogens (tertiary/aromatic N) is 2. The van der Waals surface area contributed by atoms with Crippen LogP contribution in [-0.2, 0) is 14.8 Å². The number of carboxylic acid groups (broad SMARTS) is 1. The number of carbonyl (C=O) groups is 1. The van der Waals surface area contributed by atoms with Gasteiger partial charge in [-0.25, -0.2) is 17.8 Å². The number of para-hydroxylation sites is 1. The van der Waals surface area contributed by atoms with Crippen LogP contribution in [0.4, 0.5) is 0 Å². The molecule has 24 heavy (non-hydrogen) atoms. The minimum absolute atomic E-state index is 0.103. The highest BCUT2D eigenvalue weighted by atomic mass is 32.2. The molecule has 2 aromatic rings. The summed E-state index contributed by atoms with van der Waals surface area (Å²) in [7, 11) is -3.67. The fourth-order valence-electron chi connectivity index (χ4n) is 2.91. The molecule has 1 aliphatic carbocycles. The largest absolute Gasteiger partial charge is 0.481 e. The Morgan fingerprint density at radius 3 is 2.46 bits per heavy atom. The predicted molar refractivity (Wildman–Crippen MR) is 87.3 cm³/mol. The standard InChI is InChI=1S/C16H19N3O4S/c20-16(21)12-6-8-13(9-7-12)18-24(22,23)15-10-17-19(11-15)14-4-2-1-3-5-14/h1-5,10-13,18H,6-9H2,(H,20,21). The van der Waals surface area contributed by atoms with Crippen molar-refractivity contribution >= 4 is 16.0 Å². The van der Waals surface area contributed by atoms with Gasteiger partial charge in [-0.05, 0) is 37.8 Å². The van der Waals surface area contributed by atoms with Crippen molar-refractivity contribution in [1.82, 2.24) is 14.5 Å². The van der Waals surface area contributed by atoms with Crippen molar-refractivity contribution in [3.05, 3.63) is 42.7 Å². The van der Waals surface area contributed by atoms with Gasteiger partial charge in [-0.2, -0.15) is 5.10 Å². The second-order valence-corrected chi connectivity index (χ2v) is 7.68. The molecule has 0 spiro atoms. The number of aromatic nitrogens is 2. The van der Waals surface area contributed by atoms with Gasteiger partial charge < -0.3 is 5.11 Å². The Morgan fingerprint density at radius 2 is 1.83 bits per heavy atom. The van der Waals surface area contributed by atoms with Crippen molar-refractivity contribution in [1.29, 1.82) is 0 Å². The van der Waals surface area contributed by atoms with E-state index < -0.39 is 16.0 Å². The maximum Gasteiger partial charge on any atom is 0.306 e. The third-order valence-electron chi connectivity index (χ3n) is 4.29. The number of hydrogen-bond acceptors (Lipinski definition) is 4. The fourth-order valence-corrected chi connectivity index (χ4v) is 4.15. The van der Waals surface area contributed by atoms with E-state index in [4.69, 9.17) is 5.11 Å². The highest BCUT2D eigenvalue weighted by Crippen LogP contribution is 2.25. The van der Waals surface area contributed by atoms with Crippen molar-refractivity contribution in [3.8, 4) is 5.69 Å². The van der Waals surface area contributed by atoms with Gasteiger partial charge in [-0.1, -0.05) is 18.2 Å². The van der Waals surface area contributed by atoms with E-state index in [1.54, 1.807) is 0 Å². The van der Waals surface area contributed by atoms with Crippen LogP contribution in [0.3, 0.4) is 0 Å². The van der Waals surface area contributed by atoms with Crippen LogP contribution in [0.1, 0.15) is 25.7 Å². The van der Waals surface area contributed by atoms with E-state index in [0.29, 0.717) is 25.7 Å². The van der Waals surface area contributed by atoms with Crippen molar-refractivity contribution in [2.45, 2.75) is 36.6 Å². The van der Waals surface area contributed by atoms with E-state index in [1.807, 2.05) is 30.3 Å². The molecule has 0 saturated heterocycles. The van der Waals surface area contributed by atoms with Crippen LogP contribution in [0.15, 0.2) is 47.6 Å². The number of rotatable bonds is 5. The second-order valence-electron chi connectivity index (χ2n) is 5.96. The van der Waals surface area contributed by atoms with Gasteiger partial charge >= 0.3 is 5.97 Å². The molecule has 1 fully saturated rings. The molecular weight excluding hydrogens is 330 g/mol. The third-order valence-corrected chi connectivity index (χ3v) is 5.76. The summed E-state index contributed by atoms with van der Waals surface area (Å²) in [6.07, 6.45) is 4.84. The Hall–Kier alpha value is -2.19.